The second-order valence-corrected chi connectivity index (χ2v) is 17.7. The first-order chi connectivity index (χ1) is 25.5. The molecule has 0 radical (unpaired) electrons. The van der Waals surface area contributed by atoms with Crippen molar-refractivity contribution in [1.29, 1.82) is 0 Å². The van der Waals surface area contributed by atoms with Gasteiger partial charge in [0.15, 0.2) is 0 Å². The Morgan fingerprint density at radius 1 is 1.15 bits per heavy atom. The molecule has 1 aliphatic heterocycles. The van der Waals surface area contributed by atoms with E-state index in [1.807, 2.05) is 75.7 Å². The minimum Gasteiger partial charge on any atom is -0.496 e. The Kier molecular flexibility index (Phi) is 13.3. The normalized spacial score (nSPS) is 27.6. The maximum absolute atomic E-state index is 14.1. The first-order valence-electron chi connectivity index (χ1n) is 19.8. The minimum atomic E-state index is -0.848. The van der Waals surface area contributed by atoms with Crippen molar-refractivity contribution in [2.24, 2.45) is 51.6 Å². The minimum absolute atomic E-state index is 0.00363. The second kappa shape index (κ2) is 17.2. The number of hydrogen-bond donors (Lipinski definition) is 3. The molecule has 0 spiro atoms. The zero-order valence-electron chi connectivity index (χ0n) is 34.5. The van der Waals surface area contributed by atoms with E-state index in [4.69, 9.17) is 15.3 Å². The van der Waals surface area contributed by atoms with Crippen LogP contribution in [0.3, 0.4) is 0 Å². The number of aliphatic hydroxyl groups is 1. The van der Waals surface area contributed by atoms with Gasteiger partial charge < -0.3 is 30.7 Å². The number of amides is 2. The number of carbonyl (C=O) groups is 2. The largest absolute Gasteiger partial charge is 0.496 e. The quantitative estimate of drug-likeness (QED) is 0.203. The Balaban J connectivity index is 1.45. The topological polar surface area (TPSA) is 133 Å². The Labute approximate surface area is 323 Å². The molecular weight excluding hydrogens is 681 g/mol. The van der Waals surface area contributed by atoms with Crippen LogP contribution in [0.2, 0.25) is 0 Å². The Hall–Kier alpha value is -3.35. The van der Waals surface area contributed by atoms with E-state index in [2.05, 4.69) is 49.8 Å². The summed E-state index contributed by atoms with van der Waals surface area (Å²) in [6, 6.07) is 10.9. The van der Waals surface area contributed by atoms with Crippen LogP contribution in [0.4, 0.5) is 5.69 Å². The molecule has 6 rings (SSSR count). The first kappa shape index (κ1) is 41.8. The van der Waals surface area contributed by atoms with E-state index in [1.165, 1.54) is 6.42 Å². The third-order valence-corrected chi connectivity index (χ3v) is 12.5. The van der Waals surface area contributed by atoms with E-state index >= 15 is 0 Å². The van der Waals surface area contributed by atoms with Gasteiger partial charge in [-0.15, -0.1) is 0 Å². The SMILES string of the molecule is COc1c(CN2O[C@@H](CN)C([C@H](C)O)[C@H]2C(=O)N=CC2C[C@H]3C[C@@H](C2C)C3(C)C)cccc1-c1cc(C(=O)N[C@@H](CC(C)C)CN(C)C)cc(N(C)C)c1. The van der Waals surface area contributed by atoms with Crippen molar-refractivity contribution in [2.45, 2.75) is 91.6 Å². The third kappa shape index (κ3) is 8.86. The van der Waals surface area contributed by atoms with Gasteiger partial charge in [0, 0.05) is 67.7 Å². The highest BCUT2D eigenvalue weighted by atomic mass is 16.7. The van der Waals surface area contributed by atoms with Gasteiger partial charge in [-0.2, -0.15) is 5.06 Å². The van der Waals surface area contributed by atoms with Gasteiger partial charge in [-0.05, 0) is 99.0 Å². The fourth-order valence-corrected chi connectivity index (χ4v) is 9.49. The molecule has 298 valence electrons. The molecule has 3 aliphatic carbocycles. The van der Waals surface area contributed by atoms with Crippen molar-refractivity contribution in [2.75, 3.05) is 53.3 Å². The summed E-state index contributed by atoms with van der Waals surface area (Å²) in [5, 5.41) is 15.9. The monoisotopic (exact) mass is 747 g/mol. The molecule has 0 aromatic heterocycles. The van der Waals surface area contributed by atoms with Gasteiger partial charge in [0.25, 0.3) is 11.8 Å². The van der Waals surface area contributed by atoms with Crippen LogP contribution in [0.1, 0.15) is 76.7 Å². The van der Waals surface area contributed by atoms with E-state index in [1.54, 1.807) is 19.1 Å². The molecule has 9 atom stereocenters. The zero-order valence-corrected chi connectivity index (χ0v) is 34.5. The number of likely N-dealkylation sites (N-methyl/N-ethyl adjacent to an activating group) is 1. The molecule has 54 heavy (non-hydrogen) atoms. The average molecular weight is 747 g/mol. The molecule has 4 aliphatic rings. The van der Waals surface area contributed by atoms with Gasteiger partial charge in [-0.1, -0.05) is 52.8 Å². The van der Waals surface area contributed by atoms with Crippen LogP contribution in [-0.4, -0.2) is 106 Å². The number of ether oxygens (including phenoxy) is 1. The van der Waals surface area contributed by atoms with Crippen LogP contribution in [0, 0.1) is 40.9 Å². The number of aliphatic hydroxyl groups excluding tert-OH is 1. The summed E-state index contributed by atoms with van der Waals surface area (Å²) in [6.45, 7) is 14.1. The van der Waals surface area contributed by atoms with Crippen molar-refractivity contribution in [3.8, 4) is 16.9 Å². The van der Waals surface area contributed by atoms with E-state index in [0.717, 1.165) is 41.8 Å². The van der Waals surface area contributed by atoms with E-state index in [-0.39, 0.29) is 36.9 Å². The Morgan fingerprint density at radius 2 is 1.87 bits per heavy atom. The third-order valence-electron chi connectivity index (χ3n) is 12.5. The number of benzene rings is 2. The zero-order chi connectivity index (χ0) is 39.6. The molecule has 2 aromatic carbocycles. The predicted octanol–water partition coefficient (Wildman–Crippen LogP) is 5.49. The highest BCUT2D eigenvalue weighted by Gasteiger charge is 2.56. The van der Waals surface area contributed by atoms with Gasteiger partial charge in [-0.3, -0.25) is 14.4 Å². The molecule has 11 nitrogen and oxygen atoms in total. The molecule has 3 unspecified atom stereocenters. The van der Waals surface area contributed by atoms with Crippen LogP contribution >= 0.6 is 0 Å². The number of nitrogens with two attached hydrogens (primary N) is 1. The highest BCUT2D eigenvalue weighted by molar-refractivity contribution is 5.97. The number of nitrogens with zero attached hydrogens (tertiary/aromatic N) is 4. The number of nitrogens with one attached hydrogen (secondary N) is 1. The molecular formula is C43H66N6O5. The number of fused-ring (bicyclic) bond motifs is 2. The van der Waals surface area contributed by atoms with Gasteiger partial charge in [0.1, 0.15) is 11.8 Å². The van der Waals surface area contributed by atoms with Crippen LogP contribution in [0.15, 0.2) is 41.4 Å². The number of anilines is 1. The van der Waals surface area contributed by atoms with Gasteiger partial charge in [0.05, 0.1) is 25.9 Å². The number of hydrogen-bond acceptors (Lipinski definition) is 9. The summed E-state index contributed by atoms with van der Waals surface area (Å²) < 4.78 is 6.10. The number of rotatable bonds is 15. The molecule has 3 saturated carbocycles. The number of para-hydroxylation sites is 1. The Morgan fingerprint density at radius 3 is 2.44 bits per heavy atom. The summed E-state index contributed by atoms with van der Waals surface area (Å²) in [4.78, 5) is 42.9. The maximum atomic E-state index is 14.1. The fourth-order valence-electron chi connectivity index (χ4n) is 9.49. The van der Waals surface area contributed by atoms with E-state index < -0.39 is 24.2 Å². The molecule has 1 saturated heterocycles. The fraction of sp³-hybridized carbons (Fsp3) is 0.651. The first-order valence-corrected chi connectivity index (χ1v) is 19.8. The second-order valence-electron chi connectivity index (χ2n) is 17.7. The number of hydroxylamine groups is 2. The highest BCUT2D eigenvalue weighted by Crippen LogP contribution is 2.62. The summed E-state index contributed by atoms with van der Waals surface area (Å²) in [6.07, 6.45) is 3.62. The molecule has 2 bridgehead atoms. The standard InChI is InChI=1S/C43H66N6O5/c1-25(2)15-33(24-47(7)8)46-41(51)30-16-29(18-34(19-30)48(9)10)35-14-12-13-28(40(35)53-11)23-49-39(38(27(4)50)37(21-44)54-49)42(52)45-22-31-17-32-20-36(26(31)3)43(32,5)6/h12-14,16,18-19,22,25-27,31-33,36-39,50H,15,17,20-21,23-24,44H2,1-11H3,(H,46,51)/t26?,27-,31?,32-,33-,36-,37-,38?,39-/m0/s1. The van der Waals surface area contributed by atoms with Crippen LogP contribution < -0.4 is 20.7 Å². The predicted molar refractivity (Wildman–Crippen MR) is 217 cm³/mol. The lowest BCUT2D eigenvalue weighted by atomic mass is 9.43. The van der Waals surface area contributed by atoms with Crippen LogP contribution in [0.5, 0.6) is 5.75 Å². The molecule has 1 heterocycles. The maximum Gasteiger partial charge on any atom is 0.265 e. The average Bonchev–Trinajstić information content (AvgIpc) is 3.48. The van der Waals surface area contributed by atoms with Crippen LogP contribution in [-0.2, 0) is 16.2 Å². The molecule has 4 N–H and O–H groups in total. The summed E-state index contributed by atoms with van der Waals surface area (Å²) in [5.74, 6) is 1.99. The van der Waals surface area contributed by atoms with E-state index in [9.17, 15) is 14.7 Å². The lowest BCUT2D eigenvalue weighted by Gasteiger charge is -2.61. The van der Waals surface area contributed by atoms with Crippen molar-refractivity contribution in [1.82, 2.24) is 15.3 Å². The summed E-state index contributed by atoms with van der Waals surface area (Å²) in [5.41, 5.74) is 10.4. The molecule has 11 heteroatoms. The summed E-state index contributed by atoms with van der Waals surface area (Å²) >= 11 is 0. The number of methoxy groups -OCH3 is 1. The molecule has 4 fully saturated rings. The number of aliphatic imine (C=N–C) groups is 1. The van der Waals surface area contributed by atoms with Crippen LogP contribution in [0.25, 0.3) is 11.1 Å². The van der Waals surface area contributed by atoms with Gasteiger partial charge >= 0.3 is 0 Å². The van der Waals surface area contributed by atoms with Gasteiger partial charge in [-0.25, -0.2) is 4.99 Å². The van der Waals surface area contributed by atoms with E-state index in [0.29, 0.717) is 40.4 Å². The smallest absolute Gasteiger partial charge is 0.265 e. The number of carbonyl (C=O) groups excluding carboxylic acids is 2. The lowest BCUT2D eigenvalue weighted by molar-refractivity contribution is -0.172. The lowest BCUT2D eigenvalue weighted by Crippen LogP contribution is -2.55. The molecule has 2 amide bonds. The molecule has 2 aromatic rings. The van der Waals surface area contributed by atoms with Crippen molar-refractivity contribution in [3.05, 3.63) is 47.5 Å². The van der Waals surface area contributed by atoms with Gasteiger partial charge in [0.2, 0.25) is 0 Å². The Bertz CT molecular complexity index is 1650. The van der Waals surface area contributed by atoms with Crippen molar-refractivity contribution < 1.29 is 24.3 Å². The summed E-state index contributed by atoms with van der Waals surface area (Å²) in [7, 11) is 9.57. The van der Waals surface area contributed by atoms with Crippen molar-refractivity contribution >= 4 is 23.7 Å². The van der Waals surface area contributed by atoms with Crippen molar-refractivity contribution in [3.63, 3.8) is 0 Å².